The Bertz CT molecular complexity index is 1890. The third-order valence-electron chi connectivity index (χ3n) is 8.44. The van der Waals surface area contributed by atoms with Gasteiger partial charge in [0.2, 0.25) is 5.78 Å². The maximum Gasteiger partial charge on any atom is 0.301 e. The second-order valence-corrected chi connectivity index (χ2v) is 12.9. The standard InChI is InChI=1S/C31H31F3N6O4S/c1-35-26-13-19(2-5-27(26)39-9-6-18(17-41)7-10-39)20-12-22-23(15-37-31(22)36-14-20)30(42)28-24(33)3-4-25(29(28)34)38-45(43,44)40-11-8-21(32)16-40/h2-5,12-15,17-18,21,35,38H,6-11,16H2,1H3,(H,36,37)/t21-/m1/s1. The number of halogens is 3. The van der Waals surface area contributed by atoms with Crippen LogP contribution >= 0.6 is 0 Å². The number of aromatic nitrogens is 2. The van der Waals surface area contributed by atoms with Gasteiger partial charge in [0.1, 0.15) is 23.9 Å². The Balaban J connectivity index is 1.30. The predicted molar refractivity (Wildman–Crippen MR) is 165 cm³/mol. The van der Waals surface area contributed by atoms with Crippen LogP contribution in [0.4, 0.5) is 30.2 Å². The maximum atomic E-state index is 15.6. The van der Waals surface area contributed by atoms with Crippen molar-refractivity contribution in [2.24, 2.45) is 5.92 Å². The Morgan fingerprint density at radius 2 is 1.82 bits per heavy atom. The van der Waals surface area contributed by atoms with Crippen LogP contribution in [0.15, 0.2) is 48.8 Å². The van der Waals surface area contributed by atoms with Gasteiger partial charge in [-0.15, -0.1) is 0 Å². The van der Waals surface area contributed by atoms with Gasteiger partial charge in [-0.25, -0.2) is 18.2 Å². The number of pyridine rings is 1. The molecular weight excluding hydrogens is 609 g/mol. The number of rotatable bonds is 9. The van der Waals surface area contributed by atoms with Crippen molar-refractivity contribution >= 4 is 50.4 Å². The van der Waals surface area contributed by atoms with Gasteiger partial charge in [0.15, 0.2) is 5.82 Å². The molecule has 0 spiro atoms. The molecule has 6 rings (SSSR count). The minimum Gasteiger partial charge on any atom is -0.386 e. The third kappa shape index (κ3) is 5.87. The largest absolute Gasteiger partial charge is 0.386 e. The first-order chi connectivity index (χ1) is 21.6. The molecule has 0 unspecified atom stereocenters. The van der Waals surface area contributed by atoms with Crippen LogP contribution in [-0.2, 0) is 15.0 Å². The van der Waals surface area contributed by atoms with Gasteiger partial charge >= 0.3 is 10.2 Å². The number of H-pyrrole nitrogens is 1. The molecule has 10 nitrogen and oxygen atoms in total. The molecule has 2 aromatic carbocycles. The molecule has 2 aliphatic rings. The molecule has 0 radical (unpaired) electrons. The maximum absolute atomic E-state index is 15.6. The molecule has 4 heterocycles. The average molecular weight is 641 g/mol. The van der Waals surface area contributed by atoms with Gasteiger partial charge < -0.3 is 20.0 Å². The topological polar surface area (TPSA) is 127 Å². The molecule has 0 aliphatic carbocycles. The summed E-state index contributed by atoms with van der Waals surface area (Å²) in [5, 5.41) is 3.54. The SMILES string of the molecule is CNc1cc(-c2cnc3[nH]cc(C(=O)c4c(F)ccc(NS(=O)(=O)N5CC[C@@H](F)C5)c4F)c3c2)ccc1N1CCC(C=O)CC1. The number of nitrogens with one attached hydrogen (secondary N) is 3. The van der Waals surface area contributed by atoms with E-state index in [2.05, 4.69) is 20.2 Å². The number of aromatic amines is 1. The number of hydrogen-bond donors (Lipinski definition) is 3. The highest BCUT2D eigenvalue weighted by Gasteiger charge is 2.33. The number of ketones is 1. The van der Waals surface area contributed by atoms with Gasteiger partial charge in [-0.05, 0) is 55.2 Å². The minimum atomic E-state index is -4.34. The smallest absolute Gasteiger partial charge is 0.301 e. The van der Waals surface area contributed by atoms with Gasteiger partial charge in [-0.1, -0.05) is 6.07 Å². The van der Waals surface area contributed by atoms with Crippen LogP contribution in [0.5, 0.6) is 0 Å². The van der Waals surface area contributed by atoms with Crippen molar-refractivity contribution in [1.82, 2.24) is 14.3 Å². The van der Waals surface area contributed by atoms with Crippen LogP contribution in [0.3, 0.4) is 0 Å². The normalized spacial score (nSPS) is 18.0. The second-order valence-electron chi connectivity index (χ2n) is 11.2. The van der Waals surface area contributed by atoms with E-state index in [1.165, 1.54) is 6.20 Å². The van der Waals surface area contributed by atoms with Crippen molar-refractivity contribution in [3.63, 3.8) is 0 Å². The summed E-state index contributed by atoms with van der Waals surface area (Å²) in [6.45, 7) is 1.04. The molecule has 3 N–H and O–H groups in total. The fourth-order valence-electron chi connectivity index (χ4n) is 5.90. The zero-order valence-electron chi connectivity index (χ0n) is 24.3. The number of aldehydes is 1. The van der Waals surface area contributed by atoms with Crippen LogP contribution in [0.2, 0.25) is 0 Å². The van der Waals surface area contributed by atoms with Crippen LogP contribution in [0.25, 0.3) is 22.2 Å². The molecule has 0 amide bonds. The van der Waals surface area contributed by atoms with E-state index in [9.17, 15) is 26.8 Å². The van der Waals surface area contributed by atoms with Gasteiger partial charge in [0.25, 0.3) is 0 Å². The molecule has 2 fully saturated rings. The summed E-state index contributed by atoms with van der Waals surface area (Å²) in [6, 6.07) is 9.21. The highest BCUT2D eigenvalue weighted by molar-refractivity contribution is 7.90. The molecule has 4 aromatic rings. The Morgan fingerprint density at radius 1 is 1.04 bits per heavy atom. The number of carbonyl (C=O) groups excluding carboxylic acids is 2. The van der Waals surface area contributed by atoms with Crippen molar-refractivity contribution < 1.29 is 31.2 Å². The number of nitrogens with zero attached hydrogens (tertiary/aromatic N) is 3. The first-order valence-corrected chi connectivity index (χ1v) is 16.0. The molecule has 0 bridgehead atoms. The Labute approximate surface area is 257 Å². The van der Waals surface area contributed by atoms with Crippen molar-refractivity contribution in [1.29, 1.82) is 0 Å². The van der Waals surface area contributed by atoms with E-state index in [0.717, 1.165) is 65.6 Å². The molecule has 2 aliphatic heterocycles. The zero-order valence-corrected chi connectivity index (χ0v) is 25.1. The highest BCUT2D eigenvalue weighted by Crippen LogP contribution is 2.35. The summed E-state index contributed by atoms with van der Waals surface area (Å²) in [5.74, 6) is -3.49. The number of anilines is 3. The first kappa shape index (κ1) is 30.6. The van der Waals surface area contributed by atoms with E-state index in [4.69, 9.17) is 0 Å². The number of fused-ring (bicyclic) bond motifs is 1. The lowest BCUT2D eigenvalue weighted by Gasteiger charge is -2.33. The highest BCUT2D eigenvalue weighted by atomic mass is 32.2. The summed E-state index contributed by atoms with van der Waals surface area (Å²) in [7, 11) is -2.53. The van der Waals surface area contributed by atoms with E-state index in [-0.39, 0.29) is 31.0 Å². The lowest BCUT2D eigenvalue weighted by atomic mass is 9.97. The molecule has 2 saturated heterocycles. The van der Waals surface area contributed by atoms with Gasteiger partial charge in [-0.2, -0.15) is 12.7 Å². The summed E-state index contributed by atoms with van der Waals surface area (Å²) in [6.07, 6.45) is 4.17. The van der Waals surface area contributed by atoms with Crippen molar-refractivity contribution in [2.75, 3.05) is 48.2 Å². The van der Waals surface area contributed by atoms with Gasteiger partial charge in [0, 0.05) is 68.1 Å². The number of carbonyl (C=O) groups is 2. The van der Waals surface area contributed by atoms with Crippen molar-refractivity contribution in [3.05, 3.63) is 71.6 Å². The number of benzene rings is 2. The van der Waals surface area contributed by atoms with E-state index < -0.39 is 45.0 Å². The van der Waals surface area contributed by atoms with Crippen molar-refractivity contribution in [3.8, 4) is 11.1 Å². The van der Waals surface area contributed by atoms with Crippen LogP contribution in [0, 0.1) is 17.6 Å². The summed E-state index contributed by atoms with van der Waals surface area (Å²) in [5.41, 5.74) is 1.99. The lowest BCUT2D eigenvalue weighted by molar-refractivity contribution is -0.111. The molecule has 14 heteroatoms. The van der Waals surface area contributed by atoms with Crippen molar-refractivity contribution in [2.45, 2.75) is 25.4 Å². The fraction of sp³-hybridized carbons (Fsp3) is 0.323. The summed E-state index contributed by atoms with van der Waals surface area (Å²) >= 11 is 0. The zero-order chi connectivity index (χ0) is 31.9. The lowest BCUT2D eigenvalue weighted by Crippen LogP contribution is -2.34. The van der Waals surface area contributed by atoms with Crippen LogP contribution < -0.4 is 14.9 Å². The number of alkyl halides is 1. The molecule has 0 saturated carbocycles. The Hall–Kier alpha value is -4.43. The van der Waals surface area contributed by atoms with E-state index in [0.29, 0.717) is 16.6 Å². The number of hydrogen-bond acceptors (Lipinski definition) is 7. The molecule has 1 atom stereocenters. The number of piperidine rings is 1. The van der Waals surface area contributed by atoms with E-state index in [1.54, 1.807) is 12.3 Å². The Kier molecular flexibility index (Phi) is 8.27. The minimum absolute atomic E-state index is 0.00878. The monoisotopic (exact) mass is 640 g/mol. The third-order valence-corrected chi connectivity index (χ3v) is 9.93. The molecule has 236 valence electrons. The fourth-order valence-corrected chi connectivity index (χ4v) is 7.17. The summed E-state index contributed by atoms with van der Waals surface area (Å²) < 4.78 is 72.4. The van der Waals surface area contributed by atoms with Gasteiger partial charge in [0.05, 0.1) is 22.6 Å². The van der Waals surface area contributed by atoms with Crippen LogP contribution in [-0.4, -0.2) is 74.2 Å². The molecule has 45 heavy (non-hydrogen) atoms. The van der Waals surface area contributed by atoms with E-state index >= 15 is 4.39 Å². The summed E-state index contributed by atoms with van der Waals surface area (Å²) in [4.78, 5) is 34.3. The Morgan fingerprint density at radius 3 is 2.51 bits per heavy atom. The molecular formula is C31H31F3N6O4S. The predicted octanol–water partition coefficient (Wildman–Crippen LogP) is 4.90. The second kappa shape index (κ2) is 12.2. The molecule has 2 aromatic heterocycles. The average Bonchev–Trinajstić information content (AvgIpc) is 3.68. The van der Waals surface area contributed by atoms with E-state index in [1.807, 2.05) is 30.0 Å². The van der Waals surface area contributed by atoms with Gasteiger partial charge in [-0.3, -0.25) is 9.52 Å². The first-order valence-electron chi connectivity index (χ1n) is 14.5. The quantitative estimate of drug-likeness (QED) is 0.176. The van der Waals surface area contributed by atoms with Crippen LogP contribution in [0.1, 0.15) is 35.2 Å².